The van der Waals surface area contributed by atoms with E-state index in [1.165, 1.54) is 72.0 Å². The Morgan fingerprint density at radius 1 is 0.483 bits per heavy atom. The zero-order valence-corrected chi connectivity index (χ0v) is 31.6. The van der Waals surface area contributed by atoms with E-state index >= 15 is 0 Å². The minimum absolute atomic E-state index is 0.230. The number of hydrogen-bond acceptors (Lipinski definition) is 3. The molecule has 0 N–H and O–H groups in total. The van der Waals surface area contributed by atoms with E-state index in [0.29, 0.717) is 0 Å². The summed E-state index contributed by atoms with van der Waals surface area (Å²) in [5, 5.41) is 4.80. The van der Waals surface area contributed by atoms with E-state index in [0.717, 1.165) is 45.4 Å². The van der Waals surface area contributed by atoms with Gasteiger partial charge in [0.15, 0.2) is 5.58 Å². The van der Waals surface area contributed by atoms with Crippen molar-refractivity contribution in [2.75, 3.05) is 4.90 Å². The summed E-state index contributed by atoms with van der Waals surface area (Å²) in [4.78, 5) is 6.84. The molecule has 2 aliphatic rings. The third kappa shape index (κ3) is 4.90. The van der Waals surface area contributed by atoms with E-state index in [1.54, 1.807) is 0 Å². The Bertz CT molecular complexity index is 3250. The first-order valence-electron chi connectivity index (χ1n) is 20.1. The van der Waals surface area contributed by atoms with Crippen LogP contribution in [-0.2, 0) is 0 Å². The molecule has 1 atom stereocenters. The van der Waals surface area contributed by atoms with Gasteiger partial charge in [-0.2, -0.15) is 0 Å². The maximum absolute atomic E-state index is 6.60. The first-order valence-corrected chi connectivity index (χ1v) is 20.1. The number of benzene rings is 8. The average molecular weight is 741 g/mol. The van der Waals surface area contributed by atoms with Crippen molar-refractivity contribution in [3.05, 3.63) is 223 Å². The Balaban J connectivity index is 1.06. The predicted molar refractivity (Wildman–Crippen MR) is 240 cm³/mol. The first kappa shape index (κ1) is 32.7. The normalized spacial score (nSPS) is 14.1. The second-order valence-electron chi connectivity index (χ2n) is 15.3. The number of allylic oxidation sites excluding steroid dienone is 1. The first-order chi connectivity index (χ1) is 28.8. The van der Waals surface area contributed by atoms with Gasteiger partial charge in [0.2, 0.25) is 0 Å². The molecule has 0 saturated carbocycles. The molecule has 1 unspecified atom stereocenters. The van der Waals surface area contributed by atoms with Gasteiger partial charge in [0.25, 0.3) is 0 Å². The molecule has 2 aromatic heterocycles. The molecule has 0 radical (unpaired) electrons. The van der Waals surface area contributed by atoms with Gasteiger partial charge < -0.3 is 9.32 Å². The monoisotopic (exact) mass is 740 g/mol. The SMILES string of the molecule is C1=C(c2cccc(N(c3cccnc3)c3cccc4c3oc3ccccc34)c2)c2cccc3c2C(C1)c1c-3c(-c2ccccc2)c2ccccc2c1-c1ccccc1. The molecule has 3 heteroatoms. The minimum atomic E-state index is 0.230. The van der Waals surface area contributed by atoms with Gasteiger partial charge in [0.05, 0.1) is 17.6 Å². The summed E-state index contributed by atoms with van der Waals surface area (Å²) in [7, 11) is 0. The summed E-state index contributed by atoms with van der Waals surface area (Å²) in [6, 6.07) is 65.8. The molecule has 58 heavy (non-hydrogen) atoms. The molecule has 10 aromatic rings. The van der Waals surface area contributed by atoms with Crippen molar-refractivity contribution in [3.63, 3.8) is 0 Å². The van der Waals surface area contributed by atoms with Crippen molar-refractivity contribution in [1.29, 1.82) is 0 Å². The van der Waals surface area contributed by atoms with E-state index in [2.05, 4.69) is 180 Å². The Kier molecular flexibility index (Phi) is 7.36. The number of fused-ring (bicyclic) bond motifs is 7. The molecule has 0 bridgehead atoms. The van der Waals surface area contributed by atoms with Crippen LogP contribution in [0.25, 0.3) is 71.7 Å². The van der Waals surface area contributed by atoms with E-state index < -0.39 is 0 Å². The van der Waals surface area contributed by atoms with Gasteiger partial charge in [0, 0.05) is 28.6 Å². The lowest BCUT2D eigenvalue weighted by Crippen LogP contribution is -2.11. The number of pyridine rings is 1. The highest BCUT2D eigenvalue weighted by atomic mass is 16.3. The van der Waals surface area contributed by atoms with Crippen molar-refractivity contribution >= 4 is 55.3 Å². The van der Waals surface area contributed by atoms with Crippen LogP contribution in [-0.4, -0.2) is 4.98 Å². The molecule has 0 fully saturated rings. The second-order valence-corrected chi connectivity index (χ2v) is 15.3. The lowest BCUT2D eigenvalue weighted by molar-refractivity contribution is 0.669. The van der Waals surface area contributed by atoms with E-state index in [1.807, 2.05) is 30.6 Å². The fourth-order valence-corrected chi connectivity index (χ4v) is 9.93. The zero-order chi connectivity index (χ0) is 38.2. The van der Waals surface area contributed by atoms with Crippen LogP contribution >= 0.6 is 0 Å². The lowest BCUT2D eigenvalue weighted by atomic mass is 9.77. The molecular formula is C55H36N2O. The van der Waals surface area contributed by atoms with Gasteiger partial charge >= 0.3 is 0 Å². The Hall–Kier alpha value is -7.49. The average Bonchev–Trinajstić information content (AvgIpc) is 3.84. The maximum atomic E-state index is 6.60. The van der Waals surface area contributed by atoms with Crippen LogP contribution in [0, 0.1) is 0 Å². The lowest BCUT2D eigenvalue weighted by Gasteiger charge is -2.28. The van der Waals surface area contributed by atoms with Crippen molar-refractivity contribution in [2.24, 2.45) is 0 Å². The third-order valence-corrected chi connectivity index (χ3v) is 12.2. The van der Waals surface area contributed by atoms with Gasteiger partial charge in [0.1, 0.15) is 5.58 Å². The molecule has 12 rings (SSSR count). The van der Waals surface area contributed by atoms with E-state index in [4.69, 9.17) is 4.42 Å². The number of rotatable bonds is 6. The largest absolute Gasteiger partial charge is 0.454 e. The highest BCUT2D eigenvalue weighted by molar-refractivity contribution is 6.15. The summed E-state index contributed by atoms with van der Waals surface area (Å²) in [5.74, 6) is 0.230. The zero-order valence-electron chi connectivity index (χ0n) is 31.6. The standard InChI is InChI=1S/C55H36N2O/c1-3-15-35(16-4-1)50-43-23-7-8-24-44(43)51(36-17-5-2-6-18-36)54-47-31-30-40(42-25-12-27-46(52(42)47)53(50)54)37-19-11-20-38(33-37)57(39-21-14-32-56-34-39)48-28-13-26-45-41-22-9-10-29-49(41)58-55(45)48/h1-30,32-34,47H,31H2. The second kappa shape index (κ2) is 13.0. The van der Waals surface area contributed by atoms with Gasteiger partial charge in [-0.15, -0.1) is 0 Å². The topological polar surface area (TPSA) is 29.3 Å². The summed E-state index contributed by atoms with van der Waals surface area (Å²) in [6.45, 7) is 0. The smallest absolute Gasteiger partial charge is 0.159 e. The van der Waals surface area contributed by atoms with Gasteiger partial charge in [-0.25, -0.2) is 0 Å². The van der Waals surface area contributed by atoms with Crippen LogP contribution < -0.4 is 4.90 Å². The van der Waals surface area contributed by atoms with Gasteiger partial charge in [-0.3, -0.25) is 4.98 Å². The number of para-hydroxylation sites is 2. The predicted octanol–water partition coefficient (Wildman–Crippen LogP) is 14.9. The molecule has 272 valence electrons. The van der Waals surface area contributed by atoms with Crippen LogP contribution in [0.5, 0.6) is 0 Å². The fraction of sp³-hybridized carbons (Fsp3) is 0.0364. The summed E-state index contributed by atoms with van der Waals surface area (Å²) in [5.41, 5.74) is 19.2. The highest BCUT2D eigenvalue weighted by Gasteiger charge is 2.39. The fourth-order valence-electron chi connectivity index (χ4n) is 9.93. The van der Waals surface area contributed by atoms with Crippen LogP contribution in [0.3, 0.4) is 0 Å². The Labute approximate surface area is 336 Å². The number of nitrogens with zero attached hydrogens (tertiary/aromatic N) is 2. The van der Waals surface area contributed by atoms with Crippen molar-refractivity contribution in [2.45, 2.75) is 12.3 Å². The van der Waals surface area contributed by atoms with Crippen molar-refractivity contribution < 1.29 is 4.42 Å². The highest BCUT2D eigenvalue weighted by Crippen LogP contribution is 2.60. The number of aromatic nitrogens is 1. The van der Waals surface area contributed by atoms with Gasteiger partial charge in [-0.05, 0) is 115 Å². The third-order valence-electron chi connectivity index (χ3n) is 12.2. The number of anilines is 3. The quantitative estimate of drug-likeness (QED) is 0.170. The van der Waals surface area contributed by atoms with Crippen LogP contribution in [0.2, 0.25) is 0 Å². The van der Waals surface area contributed by atoms with E-state index in [9.17, 15) is 0 Å². The number of hydrogen-bond donors (Lipinski definition) is 0. The Morgan fingerprint density at radius 3 is 1.91 bits per heavy atom. The Morgan fingerprint density at radius 2 is 1.12 bits per heavy atom. The van der Waals surface area contributed by atoms with Crippen LogP contribution in [0.15, 0.2) is 205 Å². The molecule has 2 heterocycles. The maximum Gasteiger partial charge on any atom is 0.159 e. The van der Waals surface area contributed by atoms with Crippen LogP contribution in [0.1, 0.15) is 34.6 Å². The molecule has 2 aliphatic carbocycles. The van der Waals surface area contributed by atoms with Gasteiger partial charge in [-0.1, -0.05) is 152 Å². The van der Waals surface area contributed by atoms with Crippen LogP contribution in [0.4, 0.5) is 17.1 Å². The molecular weight excluding hydrogens is 705 g/mol. The van der Waals surface area contributed by atoms with E-state index in [-0.39, 0.29) is 5.92 Å². The molecule has 0 saturated heterocycles. The molecule has 0 amide bonds. The number of furan rings is 1. The summed E-state index contributed by atoms with van der Waals surface area (Å²) >= 11 is 0. The summed E-state index contributed by atoms with van der Waals surface area (Å²) in [6.07, 6.45) is 7.16. The molecule has 0 spiro atoms. The minimum Gasteiger partial charge on any atom is -0.454 e. The molecule has 8 aromatic carbocycles. The summed E-state index contributed by atoms with van der Waals surface area (Å²) < 4.78 is 6.60. The van der Waals surface area contributed by atoms with Crippen molar-refractivity contribution in [3.8, 4) is 33.4 Å². The molecule has 3 nitrogen and oxygen atoms in total. The van der Waals surface area contributed by atoms with Crippen molar-refractivity contribution in [1.82, 2.24) is 4.98 Å². The molecule has 0 aliphatic heterocycles.